The highest BCUT2D eigenvalue weighted by molar-refractivity contribution is 5.70. The average Bonchev–Trinajstić information content (AvgIpc) is 2.29. The maximum Gasteiger partial charge on any atom is 0.407 e. The first-order valence-electron chi connectivity index (χ1n) is 6.15. The van der Waals surface area contributed by atoms with Crippen LogP contribution in [-0.2, 0) is 14.3 Å². The number of amides is 1. The predicted molar refractivity (Wildman–Crippen MR) is 70.6 cm³/mol. The van der Waals surface area contributed by atoms with Gasteiger partial charge in [-0.05, 0) is 27.2 Å². The number of carbonyl (C=O) groups excluding carboxylic acids is 2. The molecule has 0 aliphatic carbocycles. The molecule has 0 spiro atoms. The number of carbonyl (C=O) groups is 2. The fraction of sp³-hybridized carbons (Fsp3) is 0.692. The summed E-state index contributed by atoms with van der Waals surface area (Å²) >= 11 is 0. The lowest BCUT2D eigenvalue weighted by Gasteiger charge is -2.20. The Balaban J connectivity index is 4.02. The van der Waals surface area contributed by atoms with Gasteiger partial charge in [-0.3, -0.25) is 4.79 Å². The number of ether oxygens (including phenoxy) is 2. The summed E-state index contributed by atoms with van der Waals surface area (Å²) in [5, 5.41) is 11.6. The average molecular weight is 273 g/mol. The second kappa shape index (κ2) is 8.53. The lowest BCUT2D eigenvalue weighted by Crippen LogP contribution is -2.38. The maximum atomic E-state index is 11.5. The van der Waals surface area contributed by atoms with Crippen molar-refractivity contribution in [2.45, 2.75) is 45.3 Å². The molecule has 6 nitrogen and oxygen atoms in total. The minimum absolute atomic E-state index is 0.0933. The van der Waals surface area contributed by atoms with E-state index in [1.807, 2.05) is 0 Å². The van der Waals surface area contributed by atoms with E-state index in [1.165, 1.54) is 6.08 Å². The number of esters is 1. The third-order valence-electron chi connectivity index (χ3n) is 1.99. The van der Waals surface area contributed by atoms with E-state index in [0.717, 1.165) is 0 Å². The standard InChI is InChI=1S/C13H23NO5/c1-5-8-18-12(17)14-10(9-15)6-7-11(16)19-13(2,3)4/h5,10,15H,1,6-9H2,2-4H3,(H,14,17). The topological polar surface area (TPSA) is 84.9 Å². The molecule has 1 atom stereocenters. The van der Waals surface area contributed by atoms with Gasteiger partial charge in [-0.25, -0.2) is 4.79 Å². The lowest BCUT2D eigenvalue weighted by molar-refractivity contribution is -0.155. The summed E-state index contributed by atoms with van der Waals surface area (Å²) in [4.78, 5) is 22.7. The van der Waals surface area contributed by atoms with Crippen molar-refractivity contribution in [3.8, 4) is 0 Å². The van der Waals surface area contributed by atoms with Crippen molar-refractivity contribution >= 4 is 12.1 Å². The van der Waals surface area contributed by atoms with Crippen molar-refractivity contribution in [3.63, 3.8) is 0 Å². The summed E-state index contributed by atoms with van der Waals surface area (Å²) in [5.41, 5.74) is -0.540. The minimum atomic E-state index is -0.650. The molecular formula is C13H23NO5. The third-order valence-corrected chi connectivity index (χ3v) is 1.99. The van der Waals surface area contributed by atoms with Crippen LogP contribution in [0.5, 0.6) is 0 Å². The Labute approximate surface area is 113 Å². The molecule has 110 valence electrons. The molecule has 0 heterocycles. The third kappa shape index (κ3) is 10.1. The molecule has 2 N–H and O–H groups in total. The molecule has 1 amide bonds. The van der Waals surface area contributed by atoms with Crippen LogP contribution < -0.4 is 5.32 Å². The van der Waals surface area contributed by atoms with Crippen LogP contribution in [0.2, 0.25) is 0 Å². The molecule has 0 rings (SSSR count). The van der Waals surface area contributed by atoms with Crippen LogP contribution in [0.15, 0.2) is 12.7 Å². The molecule has 19 heavy (non-hydrogen) atoms. The quantitative estimate of drug-likeness (QED) is 0.540. The molecule has 0 saturated heterocycles. The summed E-state index contributed by atoms with van der Waals surface area (Å²) in [6, 6.07) is -0.537. The number of alkyl carbamates (subject to hydrolysis) is 1. The zero-order valence-corrected chi connectivity index (χ0v) is 11.8. The molecule has 6 heteroatoms. The second-order valence-corrected chi connectivity index (χ2v) is 5.04. The zero-order valence-electron chi connectivity index (χ0n) is 11.8. The normalized spacial score (nSPS) is 12.4. The molecule has 0 aliphatic heterocycles. The zero-order chi connectivity index (χ0) is 14.9. The van der Waals surface area contributed by atoms with Gasteiger partial charge in [0.25, 0.3) is 0 Å². The first-order valence-corrected chi connectivity index (χ1v) is 6.15. The number of hydrogen-bond acceptors (Lipinski definition) is 5. The SMILES string of the molecule is C=CCOC(=O)NC(CO)CCC(=O)OC(C)(C)C. The summed E-state index contributed by atoms with van der Waals surface area (Å²) in [6.45, 7) is 8.56. The number of nitrogens with one attached hydrogen (secondary N) is 1. The first-order chi connectivity index (χ1) is 8.78. The van der Waals surface area contributed by atoms with Crippen molar-refractivity contribution in [3.05, 3.63) is 12.7 Å². The van der Waals surface area contributed by atoms with Crippen LogP contribution in [0, 0.1) is 0 Å². The number of aliphatic hydroxyl groups is 1. The van der Waals surface area contributed by atoms with Crippen molar-refractivity contribution in [1.29, 1.82) is 0 Å². The van der Waals surface area contributed by atoms with Crippen LogP contribution in [-0.4, -0.2) is 42.0 Å². The highest BCUT2D eigenvalue weighted by Gasteiger charge is 2.18. The molecule has 0 aromatic rings. The first kappa shape index (κ1) is 17.4. The predicted octanol–water partition coefficient (Wildman–Crippen LogP) is 1.38. The Bertz CT molecular complexity index is 309. The van der Waals surface area contributed by atoms with Crippen LogP contribution in [0.4, 0.5) is 4.79 Å². The van der Waals surface area contributed by atoms with E-state index < -0.39 is 17.7 Å². The molecule has 0 bridgehead atoms. The van der Waals surface area contributed by atoms with Gasteiger partial charge in [-0.15, -0.1) is 0 Å². The molecule has 0 fully saturated rings. The van der Waals surface area contributed by atoms with Gasteiger partial charge in [0.05, 0.1) is 12.6 Å². The largest absolute Gasteiger partial charge is 0.460 e. The van der Waals surface area contributed by atoms with Gasteiger partial charge in [0.2, 0.25) is 0 Å². The summed E-state index contributed by atoms with van der Waals surface area (Å²) in [5.74, 6) is -0.368. The monoisotopic (exact) mass is 273 g/mol. The summed E-state index contributed by atoms with van der Waals surface area (Å²) in [6.07, 6.45) is 1.19. The van der Waals surface area contributed by atoms with E-state index >= 15 is 0 Å². The summed E-state index contributed by atoms with van der Waals surface area (Å²) < 4.78 is 9.84. The van der Waals surface area contributed by atoms with E-state index in [0.29, 0.717) is 0 Å². The van der Waals surface area contributed by atoms with Crippen molar-refractivity contribution in [2.24, 2.45) is 0 Å². The van der Waals surface area contributed by atoms with Gasteiger partial charge < -0.3 is 19.9 Å². The summed E-state index contributed by atoms with van der Waals surface area (Å²) in [7, 11) is 0. The van der Waals surface area contributed by atoms with Gasteiger partial charge >= 0.3 is 12.1 Å². The van der Waals surface area contributed by atoms with Gasteiger partial charge in [-0.2, -0.15) is 0 Å². The minimum Gasteiger partial charge on any atom is -0.460 e. The van der Waals surface area contributed by atoms with Crippen LogP contribution in [0.25, 0.3) is 0 Å². The smallest absolute Gasteiger partial charge is 0.407 e. The van der Waals surface area contributed by atoms with E-state index in [4.69, 9.17) is 14.6 Å². The fourth-order valence-corrected chi connectivity index (χ4v) is 1.24. The molecule has 0 saturated carbocycles. The Kier molecular flexibility index (Phi) is 7.83. The van der Waals surface area contributed by atoms with Gasteiger partial charge in [-0.1, -0.05) is 12.7 Å². The van der Waals surface area contributed by atoms with E-state index in [9.17, 15) is 9.59 Å². The molecule has 0 radical (unpaired) electrons. The van der Waals surface area contributed by atoms with Gasteiger partial charge in [0.15, 0.2) is 0 Å². The van der Waals surface area contributed by atoms with Gasteiger partial charge in [0, 0.05) is 6.42 Å². The second-order valence-electron chi connectivity index (χ2n) is 5.04. The molecular weight excluding hydrogens is 250 g/mol. The Morgan fingerprint density at radius 3 is 2.53 bits per heavy atom. The van der Waals surface area contributed by atoms with Gasteiger partial charge in [0.1, 0.15) is 12.2 Å². The van der Waals surface area contributed by atoms with Crippen molar-refractivity contribution < 1.29 is 24.2 Å². The van der Waals surface area contributed by atoms with E-state index in [2.05, 4.69) is 11.9 Å². The highest BCUT2D eigenvalue weighted by atomic mass is 16.6. The highest BCUT2D eigenvalue weighted by Crippen LogP contribution is 2.10. The number of aliphatic hydroxyl groups excluding tert-OH is 1. The molecule has 1 unspecified atom stereocenters. The lowest BCUT2D eigenvalue weighted by atomic mass is 10.1. The molecule has 0 aliphatic rings. The van der Waals surface area contributed by atoms with Crippen molar-refractivity contribution in [2.75, 3.05) is 13.2 Å². The Morgan fingerprint density at radius 2 is 2.05 bits per heavy atom. The maximum absolute atomic E-state index is 11.5. The number of hydrogen-bond donors (Lipinski definition) is 2. The van der Waals surface area contributed by atoms with Crippen molar-refractivity contribution in [1.82, 2.24) is 5.32 Å². The Hall–Kier alpha value is -1.56. The number of rotatable bonds is 7. The van der Waals surface area contributed by atoms with Crippen LogP contribution in [0.3, 0.4) is 0 Å². The van der Waals surface area contributed by atoms with E-state index in [-0.39, 0.29) is 32.0 Å². The fourth-order valence-electron chi connectivity index (χ4n) is 1.24. The van der Waals surface area contributed by atoms with E-state index in [1.54, 1.807) is 20.8 Å². The van der Waals surface area contributed by atoms with Crippen LogP contribution >= 0.6 is 0 Å². The molecule has 0 aromatic carbocycles. The van der Waals surface area contributed by atoms with Crippen LogP contribution in [0.1, 0.15) is 33.6 Å². The molecule has 0 aromatic heterocycles. The Morgan fingerprint density at radius 1 is 1.42 bits per heavy atom.